The molecule has 0 atom stereocenters. The number of rotatable bonds is 9. The van der Waals surface area contributed by atoms with Crippen LogP contribution in [0.5, 0.6) is 0 Å². The molecule has 21 heavy (non-hydrogen) atoms. The van der Waals surface area contributed by atoms with Crippen molar-refractivity contribution >= 4 is 5.97 Å². The van der Waals surface area contributed by atoms with Gasteiger partial charge in [0.2, 0.25) is 5.89 Å². The zero-order chi connectivity index (χ0) is 15.1. The van der Waals surface area contributed by atoms with Crippen LogP contribution >= 0.6 is 0 Å². The van der Waals surface area contributed by atoms with Crippen LogP contribution in [0, 0.1) is 5.41 Å². The van der Waals surface area contributed by atoms with Gasteiger partial charge in [0.15, 0.2) is 5.82 Å². The summed E-state index contributed by atoms with van der Waals surface area (Å²) in [5, 5.41) is 13.3. The molecular weight excluding hydrogens is 276 g/mol. The van der Waals surface area contributed by atoms with Crippen molar-refractivity contribution in [2.24, 2.45) is 5.41 Å². The minimum Gasteiger partial charge on any atom is -0.481 e. The Kier molecular flexibility index (Phi) is 5.69. The van der Waals surface area contributed by atoms with Crippen molar-refractivity contribution in [3.63, 3.8) is 0 Å². The highest BCUT2D eigenvalue weighted by Gasteiger charge is 2.42. The lowest BCUT2D eigenvalue weighted by molar-refractivity contribution is -0.148. The molecule has 1 N–H and O–H groups in total. The smallest absolute Gasteiger partial charge is 0.310 e. The second kappa shape index (κ2) is 7.51. The van der Waals surface area contributed by atoms with Gasteiger partial charge in [0, 0.05) is 20.0 Å². The first-order valence-corrected chi connectivity index (χ1v) is 7.28. The summed E-state index contributed by atoms with van der Waals surface area (Å²) in [4.78, 5) is 15.8. The maximum absolute atomic E-state index is 11.5. The van der Waals surface area contributed by atoms with E-state index in [2.05, 4.69) is 10.1 Å². The van der Waals surface area contributed by atoms with Gasteiger partial charge in [-0.25, -0.2) is 0 Å². The van der Waals surface area contributed by atoms with E-state index >= 15 is 0 Å². The number of methoxy groups -OCH3 is 1. The van der Waals surface area contributed by atoms with Gasteiger partial charge < -0.3 is 19.1 Å². The second-order valence-electron chi connectivity index (χ2n) is 5.43. The highest BCUT2D eigenvalue weighted by molar-refractivity contribution is 5.75. The fourth-order valence-electron chi connectivity index (χ4n) is 2.68. The zero-order valence-corrected chi connectivity index (χ0v) is 12.3. The Balaban J connectivity index is 1.83. The van der Waals surface area contributed by atoms with Crippen LogP contribution in [0.4, 0.5) is 0 Å². The van der Waals surface area contributed by atoms with Gasteiger partial charge in [-0.1, -0.05) is 18.0 Å². The Morgan fingerprint density at radius 3 is 2.76 bits per heavy atom. The first-order chi connectivity index (χ1) is 10.2. The predicted octanol–water partition coefficient (Wildman–Crippen LogP) is 1.46. The van der Waals surface area contributed by atoms with Crippen molar-refractivity contribution in [1.82, 2.24) is 10.1 Å². The van der Waals surface area contributed by atoms with Crippen LogP contribution in [0.2, 0.25) is 0 Å². The molecule has 0 unspecified atom stereocenters. The van der Waals surface area contributed by atoms with Gasteiger partial charge in [-0.15, -0.1) is 0 Å². The fraction of sp³-hybridized carbons (Fsp3) is 0.786. The molecule has 118 valence electrons. The molecular formula is C14H22N2O5. The van der Waals surface area contributed by atoms with Crippen molar-refractivity contribution in [3.05, 3.63) is 11.7 Å². The molecule has 0 spiro atoms. The van der Waals surface area contributed by atoms with Crippen LogP contribution in [0.15, 0.2) is 4.52 Å². The lowest BCUT2D eigenvalue weighted by Gasteiger charge is -2.21. The first-order valence-electron chi connectivity index (χ1n) is 7.28. The molecule has 1 fully saturated rings. The van der Waals surface area contributed by atoms with E-state index in [-0.39, 0.29) is 0 Å². The van der Waals surface area contributed by atoms with Gasteiger partial charge in [-0.05, 0) is 12.8 Å². The van der Waals surface area contributed by atoms with Crippen molar-refractivity contribution in [2.45, 2.75) is 38.5 Å². The van der Waals surface area contributed by atoms with E-state index in [1.54, 1.807) is 7.11 Å². The Labute approximate surface area is 123 Å². The summed E-state index contributed by atoms with van der Waals surface area (Å²) in [6.45, 7) is 1.58. The largest absolute Gasteiger partial charge is 0.481 e. The Bertz CT molecular complexity index is 454. The number of hydrogen-bond donors (Lipinski definition) is 1. The molecule has 0 aromatic carbocycles. The van der Waals surface area contributed by atoms with Gasteiger partial charge >= 0.3 is 5.97 Å². The monoisotopic (exact) mass is 298 g/mol. The van der Waals surface area contributed by atoms with Crippen LogP contribution in [0.3, 0.4) is 0 Å². The fourth-order valence-corrected chi connectivity index (χ4v) is 2.68. The molecule has 1 heterocycles. The summed E-state index contributed by atoms with van der Waals surface area (Å²) in [7, 11) is 1.62. The van der Waals surface area contributed by atoms with E-state index in [0.29, 0.717) is 57.2 Å². The molecule has 0 saturated heterocycles. The third-order valence-electron chi connectivity index (χ3n) is 3.92. The molecule has 1 saturated carbocycles. The number of ether oxygens (including phenoxy) is 2. The van der Waals surface area contributed by atoms with E-state index in [1.165, 1.54) is 0 Å². The average Bonchev–Trinajstić information content (AvgIpc) is 3.09. The lowest BCUT2D eigenvalue weighted by Crippen LogP contribution is -2.30. The van der Waals surface area contributed by atoms with E-state index in [4.69, 9.17) is 14.0 Å². The average molecular weight is 298 g/mol. The van der Waals surface area contributed by atoms with Crippen LogP contribution in [0.1, 0.15) is 37.4 Å². The molecule has 0 radical (unpaired) electrons. The Hall–Kier alpha value is -1.47. The molecule has 1 aliphatic carbocycles. The van der Waals surface area contributed by atoms with Crippen LogP contribution < -0.4 is 0 Å². The topological polar surface area (TPSA) is 94.7 Å². The van der Waals surface area contributed by atoms with E-state index in [1.807, 2.05) is 0 Å². The van der Waals surface area contributed by atoms with Gasteiger partial charge in [0.05, 0.1) is 25.2 Å². The maximum Gasteiger partial charge on any atom is 0.310 e. The first kappa shape index (κ1) is 15.9. The van der Waals surface area contributed by atoms with Crippen LogP contribution in [0.25, 0.3) is 0 Å². The van der Waals surface area contributed by atoms with E-state index in [0.717, 1.165) is 12.8 Å². The number of nitrogens with zero attached hydrogens (tertiary/aromatic N) is 2. The minimum absolute atomic E-state index is 0.319. The highest BCUT2D eigenvalue weighted by atomic mass is 16.5. The minimum atomic E-state index is -0.761. The Morgan fingerprint density at radius 2 is 2.10 bits per heavy atom. The van der Waals surface area contributed by atoms with Gasteiger partial charge in [0.25, 0.3) is 0 Å². The number of carbonyl (C=O) groups is 1. The number of aliphatic carboxylic acids is 1. The van der Waals surface area contributed by atoms with Crippen molar-refractivity contribution in [1.29, 1.82) is 0 Å². The van der Waals surface area contributed by atoms with Crippen LogP contribution in [-0.2, 0) is 27.1 Å². The summed E-state index contributed by atoms with van der Waals surface area (Å²) in [6, 6.07) is 0. The summed E-state index contributed by atoms with van der Waals surface area (Å²) in [6.07, 6.45) is 4.12. The summed E-state index contributed by atoms with van der Waals surface area (Å²) >= 11 is 0. The number of carboxylic acid groups (broad SMARTS) is 1. The summed E-state index contributed by atoms with van der Waals surface area (Å²) < 4.78 is 15.4. The standard InChI is InChI=1S/C14H22N2O5/c1-19-8-9-20-7-4-11-15-12(21-16-11)10-14(13(17)18)5-2-3-6-14/h2-10H2,1H3,(H,17,18). The molecule has 7 nitrogen and oxygen atoms in total. The normalized spacial score (nSPS) is 17.2. The van der Waals surface area contributed by atoms with Crippen molar-refractivity contribution < 1.29 is 23.9 Å². The third kappa shape index (κ3) is 4.25. The molecule has 0 aliphatic heterocycles. The summed E-state index contributed by atoms with van der Waals surface area (Å²) in [5.41, 5.74) is -0.723. The lowest BCUT2D eigenvalue weighted by atomic mass is 9.83. The molecule has 1 aliphatic rings. The number of hydrogen-bond acceptors (Lipinski definition) is 6. The predicted molar refractivity (Wildman–Crippen MR) is 72.9 cm³/mol. The summed E-state index contributed by atoms with van der Waals surface area (Å²) in [5.74, 6) is 0.204. The maximum atomic E-state index is 11.5. The highest BCUT2D eigenvalue weighted by Crippen LogP contribution is 2.40. The molecule has 1 aromatic rings. The molecule has 2 rings (SSSR count). The molecule has 0 bridgehead atoms. The van der Waals surface area contributed by atoms with E-state index < -0.39 is 11.4 Å². The Morgan fingerprint density at radius 1 is 1.33 bits per heavy atom. The van der Waals surface area contributed by atoms with E-state index in [9.17, 15) is 9.90 Å². The van der Waals surface area contributed by atoms with Crippen LogP contribution in [-0.4, -0.2) is 48.1 Å². The zero-order valence-electron chi connectivity index (χ0n) is 12.3. The van der Waals surface area contributed by atoms with Gasteiger partial charge in [-0.3, -0.25) is 4.79 Å². The molecule has 1 aromatic heterocycles. The number of aromatic nitrogens is 2. The van der Waals surface area contributed by atoms with Gasteiger partial charge in [0.1, 0.15) is 0 Å². The second-order valence-corrected chi connectivity index (χ2v) is 5.43. The number of carboxylic acids is 1. The molecule has 0 amide bonds. The SMILES string of the molecule is COCCOCCc1noc(CC2(C(=O)O)CCCC2)n1. The van der Waals surface area contributed by atoms with Gasteiger partial charge in [-0.2, -0.15) is 4.98 Å². The van der Waals surface area contributed by atoms with Crippen molar-refractivity contribution in [2.75, 3.05) is 26.9 Å². The molecule has 7 heteroatoms. The third-order valence-corrected chi connectivity index (χ3v) is 3.92. The van der Waals surface area contributed by atoms with Crippen molar-refractivity contribution in [3.8, 4) is 0 Å². The quantitative estimate of drug-likeness (QED) is 0.690.